The van der Waals surface area contributed by atoms with Gasteiger partial charge in [0.25, 0.3) is 0 Å². The molecule has 0 atom stereocenters. The fourth-order valence-corrected chi connectivity index (χ4v) is 6.11. The van der Waals surface area contributed by atoms with Gasteiger partial charge in [-0.15, -0.1) is 0 Å². The smallest absolute Gasteiger partial charge is 0.744 e. The Hall–Kier alpha value is -0.390. The third kappa shape index (κ3) is 14.0. The maximum Gasteiger partial charge on any atom is 1.00 e. The third-order valence-corrected chi connectivity index (χ3v) is 8.35. The van der Waals surface area contributed by atoms with E-state index in [4.69, 9.17) is 0 Å². The van der Waals surface area contributed by atoms with Crippen LogP contribution in [0.3, 0.4) is 0 Å². The summed E-state index contributed by atoms with van der Waals surface area (Å²) in [4.78, 5) is -0.0550. The molecule has 2 aromatic rings. The van der Waals surface area contributed by atoms with Crippen LogP contribution in [0.15, 0.2) is 35.2 Å². The van der Waals surface area contributed by atoms with Crippen LogP contribution in [0, 0.1) is 0 Å². The minimum Gasteiger partial charge on any atom is -0.744 e. The van der Waals surface area contributed by atoms with E-state index in [1.165, 1.54) is 108 Å². The summed E-state index contributed by atoms with van der Waals surface area (Å²) in [7, 11) is -4.50. The molecule has 37 heavy (non-hydrogen) atoms. The number of rotatable bonds is 21. The number of aryl methyl sites for hydroxylation is 2. The van der Waals surface area contributed by atoms with E-state index in [0.29, 0.717) is 5.39 Å². The van der Waals surface area contributed by atoms with Gasteiger partial charge in [-0.25, -0.2) is 8.42 Å². The van der Waals surface area contributed by atoms with Crippen LogP contribution in [0.25, 0.3) is 10.8 Å². The maximum atomic E-state index is 12.0. The maximum absolute atomic E-state index is 12.0. The molecule has 0 N–H and O–H groups in total. The summed E-state index contributed by atoms with van der Waals surface area (Å²) in [5.74, 6) is 0. The Morgan fingerprint density at radius 1 is 0.622 bits per heavy atom. The Morgan fingerprint density at radius 2 is 1.08 bits per heavy atom. The van der Waals surface area contributed by atoms with E-state index < -0.39 is 10.1 Å². The predicted octanol–water partition coefficient (Wildman–Crippen LogP) is 6.89. The van der Waals surface area contributed by atoms with Crippen molar-refractivity contribution < 1.29 is 42.5 Å². The summed E-state index contributed by atoms with van der Waals surface area (Å²) in [6, 6.07) is 9.44. The van der Waals surface area contributed by atoms with Crippen LogP contribution < -0.4 is 29.6 Å². The molecule has 0 saturated heterocycles. The quantitative estimate of drug-likeness (QED) is 0.0987. The molecule has 0 fully saturated rings. The molecule has 5 heteroatoms. The first-order valence-electron chi connectivity index (χ1n) is 15.0. The van der Waals surface area contributed by atoms with Crippen LogP contribution in [-0.4, -0.2) is 13.0 Å². The first kappa shape index (κ1) is 34.6. The van der Waals surface area contributed by atoms with Gasteiger partial charge in [-0.05, 0) is 48.3 Å². The zero-order valence-corrected chi connectivity index (χ0v) is 27.0. The van der Waals surface area contributed by atoms with Gasteiger partial charge in [0.15, 0.2) is 0 Å². The fourth-order valence-electron chi connectivity index (χ4n) is 5.37. The number of benzene rings is 2. The Kier molecular flexibility index (Phi) is 19.2. The molecular formula is C32H51NaO3S. The number of hydrogen-bond donors (Lipinski definition) is 0. The van der Waals surface area contributed by atoms with Gasteiger partial charge in [0, 0.05) is 5.39 Å². The molecule has 0 heterocycles. The first-order chi connectivity index (χ1) is 17.5. The van der Waals surface area contributed by atoms with Crippen LogP contribution in [0.4, 0.5) is 0 Å². The first-order valence-corrected chi connectivity index (χ1v) is 16.4. The molecule has 0 aliphatic carbocycles. The van der Waals surface area contributed by atoms with Gasteiger partial charge in [0.05, 0.1) is 4.90 Å². The topological polar surface area (TPSA) is 57.2 Å². The van der Waals surface area contributed by atoms with Crippen molar-refractivity contribution in [3.8, 4) is 0 Å². The van der Waals surface area contributed by atoms with E-state index in [1.54, 1.807) is 6.07 Å². The number of unbranched alkanes of at least 4 members (excludes halogenated alkanes) is 16. The summed E-state index contributed by atoms with van der Waals surface area (Å²) >= 11 is 0. The van der Waals surface area contributed by atoms with Crippen LogP contribution in [0.1, 0.15) is 141 Å². The van der Waals surface area contributed by atoms with E-state index in [2.05, 4.69) is 26.0 Å². The minimum atomic E-state index is -4.50. The van der Waals surface area contributed by atoms with Gasteiger partial charge in [0.1, 0.15) is 10.1 Å². The van der Waals surface area contributed by atoms with E-state index >= 15 is 0 Å². The Labute approximate surface area is 250 Å². The van der Waals surface area contributed by atoms with Crippen LogP contribution in [0.5, 0.6) is 0 Å². The fraction of sp³-hybridized carbons (Fsp3) is 0.688. The summed E-state index contributed by atoms with van der Waals surface area (Å²) in [6.45, 7) is 4.51. The molecule has 0 saturated carbocycles. The largest absolute Gasteiger partial charge is 1.00 e. The molecule has 0 aliphatic rings. The average molecular weight is 539 g/mol. The summed E-state index contributed by atoms with van der Waals surface area (Å²) in [5.41, 5.74) is 2.31. The molecule has 0 spiro atoms. The van der Waals surface area contributed by atoms with E-state index in [9.17, 15) is 13.0 Å². The summed E-state index contributed by atoms with van der Waals surface area (Å²) in [6.07, 6.45) is 25.0. The molecule has 2 aromatic carbocycles. The van der Waals surface area contributed by atoms with Gasteiger partial charge in [-0.2, -0.15) is 0 Å². The molecule has 0 aliphatic heterocycles. The SMILES string of the molecule is CCCCCCCCCCCc1cc(CCCCCCCCCCC)c2c(S(=O)(=O)[O-])cccc2c1.[Na+]. The second-order valence-electron chi connectivity index (χ2n) is 10.7. The van der Waals surface area contributed by atoms with Crippen molar-refractivity contribution >= 4 is 20.9 Å². The standard InChI is InChI=1S/C32H52O3S.Na/c1-3-5-7-9-11-13-15-17-19-22-28-26-29(23-20-18-16-14-12-10-8-6-4-2)32-30(27-28)24-21-25-31(32)36(33,34)35;/h21,24-27H,3-20,22-23H2,1-2H3,(H,33,34,35);/q;+1/p-1. The third-order valence-electron chi connectivity index (χ3n) is 7.47. The Balaban J connectivity index is 0.00000684. The van der Waals surface area contributed by atoms with Gasteiger partial charge < -0.3 is 4.55 Å². The van der Waals surface area contributed by atoms with Crippen molar-refractivity contribution in [1.82, 2.24) is 0 Å². The molecule has 0 amide bonds. The van der Waals surface area contributed by atoms with Crippen molar-refractivity contribution in [1.29, 1.82) is 0 Å². The monoisotopic (exact) mass is 538 g/mol. The second kappa shape index (κ2) is 20.5. The van der Waals surface area contributed by atoms with E-state index in [0.717, 1.165) is 43.1 Å². The van der Waals surface area contributed by atoms with Gasteiger partial charge in [0.2, 0.25) is 0 Å². The van der Waals surface area contributed by atoms with E-state index in [1.807, 2.05) is 6.07 Å². The normalized spacial score (nSPS) is 11.6. The van der Waals surface area contributed by atoms with Crippen LogP contribution in [-0.2, 0) is 23.0 Å². The van der Waals surface area contributed by atoms with Crippen molar-refractivity contribution in [2.75, 3.05) is 0 Å². The average Bonchev–Trinajstić information content (AvgIpc) is 2.85. The summed E-state index contributed by atoms with van der Waals surface area (Å²) < 4.78 is 36.0. The molecule has 3 nitrogen and oxygen atoms in total. The molecule has 0 radical (unpaired) electrons. The van der Waals surface area contributed by atoms with Crippen molar-refractivity contribution in [2.24, 2.45) is 0 Å². The number of fused-ring (bicyclic) bond motifs is 1. The van der Waals surface area contributed by atoms with Crippen molar-refractivity contribution in [3.63, 3.8) is 0 Å². The van der Waals surface area contributed by atoms with Gasteiger partial charge in [-0.1, -0.05) is 141 Å². The van der Waals surface area contributed by atoms with Gasteiger partial charge in [-0.3, -0.25) is 0 Å². The van der Waals surface area contributed by atoms with E-state index in [-0.39, 0.29) is 34.5 Å². The zero-order valence-electron chi connectivity index (χ0n) is 24.2. The molecule has 204 valence electrons. The molecule has 2 rings (SSSR count). The predicted molar refractivity (Wildman–Crippen MR) is 154 cm³/mol. The molecule has 0 bridgehead atoms. The molecule has 0 aromatic heterocycles. The van der Waals surface area contributed by atoms with Gasteiger partial charge >= 0.3 is 29.6 Å². The Bertz CT molecular complexity index is 971. The molecular weight excluding hydrogens is 487 g/mol. The second-order valence-corrected chi connectivity index (χ2v) is 12.1. The van der Waals surface area contributed by atoms with Crippen molar-refractivity contribution in [3.05, 3.63) is 41.5 Å². The molecule has 0 unspecified atom stereocenters. The summed E-state index contributed by atoms with van der Waals surface area (Å²) in [5, 5.41) is 1.55. The Morgan fingerprint density at radius 3 is 1.57 bits per heavy atom. The van der Waals surface area contributed by atoms with Crippen molar-refractivity contribution in [2.45, 2.75) is 147 Å². The van der Waals surface area contributed by atoms with Crippen LogP contribution in [0.2, 0.25) is 0 Å². The van der Waals surface area contributed by atoms with Crippen LogP contribution >= 0.6 is 0 Å². The minimum absolute atomic E-state index is 0. The number of hydrogen-bond acceptors (Lipinski definition) is 3. The zero-order chi connectivity index (χ0) is 26.1.